The Morgan fingerprint density at radius 1 is 0.571 bits per heavy atom. The number of hydrogen-bond acceptors (Lipinski definition) is 6. The number of hydrogen-bond donors (Lipinski definition) is 2. The lowest BCUT2D eigenvalue weighted by molar-refractivity contribution is -0.200. The maximum atomic E-state index is 6.28. The highest BCUT2D eigenvalue weighted by molar-refractivity contribution is 5.43. The fourth-order valence-electron chi connectivity index (χ4n) is 6.81. The average molecular weight is 479 g/mol. The van der Waals surface area contributed by atoms with Crippen LogP contribution in [0.3, 0.4) is 0 Å². The molecule has 0 aromatic heterocycles. The van der Waals surface area contributed by atoms with Crippen molar-refractivity contribution >= 4 is 0 Å². The predicted molar refractivity (Wildman–Crippen MR) is 139 cm³/mol. The Labute approximate surface area is 210 Å². The van der Waals surface area contributed by atoms with E-state index in [1.165, 1.54) is 22.3 Å². The van der Waals surface area contributed by atoms with Crippen LogP contribution in [-0.4, -0.2) is 22.2 Å². The van der Waals surface area contributed by atoms with Crippen LogP contribution in [0.1, 0.15) is 96.9 Å². The third kappa shape index (κ3) is 3.86. The smallest absolute Gasteiger partial charge is 0.0833 e. The molecule has 2 N–H and O–H groups in total. The number of rotatable bonds is 6. The minimum atomic E-state index is -0.169. The number of nitrogens with one attached hydrogen (secondary N) is 2. The van der Waals surface area contributed by atoms with Crippen molar-refractivity contribution in [2.75, 3.05) is 0 Å². The topological polar surface area (TPSA) is 49.0 Å². The van der Waals surface area contributed by atoms with Crippen LogP contribution in [0.15, 0.2) is 48.5 Å². The molecule has 6 nitrogen and oxygen atoms in total. The molecule has 6 heteroatoms. The van der Waals surface area contributed by atoms with E-state index in [1.807, 2.05) is 0 Å². The predicted octanol–water partition coefficient (Wildman–Crippen LogP) is 5.75. The van der Waals surface area contributed by atoms with E-state index in [-0.39, 0.29) is 34.4 Å². The van der Waals surface area contributed by atoms with E-state index in [1.54, 1.807) is 0 Å². The lowest BCUT2D eigenvalue weighted by atomic mass is 9.91. The lowest BCUT2D eigenvalue weighted by Crippen LogP contribution is -2.54. The first-order chi connectivity index (χ1) is 16.4. The Morgan fingerprint density at radius 2 is 0.857 bits per heavy atom. The molecule has 1 aliphatic carbocycles. The molecule has 0 bridgehead atoms. The molecule has 2 heterocycles. The molecule has 190 valence electrons. The molecule has 0 unspecified atom stereocenters. The summed E-state index contributed by atoms with van der Waals surface area (Å²) in [6.45, 7) is 18.0. The molecule has 2 aliphatic heterocycles. The molecular formula is C29H42N4O2. The SMILES string of the molecule is CC1(C)c2ccccc2C(C)(C)N1NO[C@H]1CC[C@H](ONN2C(C)(C)c3ccccc3C2(C)C)C1. The monoisotopic (exact) mass is 478 g/mol. The maximum absolute atomic E-state index is 6.28. The number of nitrogens with zero attached hydrogens (tertiary/aromatic N) is 2. The van der Waals surface area contributed by atoms with E-state index in [9.17, 15) is 0 Å². The molecule has 1 fully saturated rings. The van der Waals surface area contributed by atoms with Crippen LogP contribution in [0.2, 0.25) is 0 Å². The Bertz CT molecular complexity index is 938. The maximum Gasteiger partial charge on any atom is 0.0833 e. The van der Waals surface area contributed by atoms with Gasteiger partial charge < -0.3 is 0 Å². The van der Waals surface area contributed by atoms with E-state index in [2.05, 4.69) is 125 Å². The first kappa shape index (κ1) is 24.9. The minimum Gasteiger partial charge on any atom is -0.283 e. The van der Waals surface area contributed by atoms with E-state index >= 15 is 0 Å². The van der Waals surface area contributed by atoms with Crippen LogP contribution in [0.4, 0.5) is 0 Å². The zero-order chi connectivity index (χ0) is 25.2. The fourth-order valence-corrected chi connectivity index (χ4v) is 6.81. The van der Waals surface area contributed by atoms with E-state index in [0.717, 1.165) is 19.3 Å². The van der Waals surface area contributed by atoms with Gasteiger partial charge in [-0.15, -0.1) is 11.2 Å². The van der Waals surface area contributed by atoms with Crippen LogP contribution in [0.25, 0.3) is 0 Å². The van der Waals surface area contributed by atoms with Gasteiger partial charge in [-0.25, -0.2) is 10.0 Å². The highest BCUT2D eigenvalue weighted by Crippen LogP contribution is 2.49. The van der Waals surface area contributed by atoms with Crippen molar-refractivity contribution in [2.45, 2.75) is 109 Å². The van der Waals surface area contributed by atoms with Crippen LogP contribution in [-0.2, 0) is 31.8 Å². The van der Waals surface area contributed by atoms with Gasteiger partial charge in [0, 0.05) is 6.42 Å². The van der Waals surface area contributed by atoms with Gasteiger partial charge in [0.15, 0.2) is 0 Å². The first-order valence-corrected chi connectivity index (χ1v) is 13.0. The van der Waals surface area contributed by atoms with Crippen molar-refractivity contribution in [3.63, 3.8) is 0 Å². The molecule has 0 radical (unpaired) electrons. The molecule has 2 aromatic rings. The molecular weight excluding hydrogens is 436 g/mol. The van der Waals surface area contributed by atoms with Crippen LogP contribution < -0.4 is 11.2 Å². The molecule has 5 rings (SSSR count). The van der Waals surface area contributed by atoms with Crippen molar-refractivity contribution in [3.8, 4) is 0 Å². The summed E-state index contributed by atoms with van der Waals surface area (Å²) in [7, 11) is 0. The Balaban J connectivity index is 1.19. The minimum absolute atomic E-state index is 0.105. The van der Waals surface area contributed by atoms with Crippen LogP contribution in [0, 0.1) is 0 Å². The summed E-state index contributed by atoms with van der Waals surface area (Å²) in [6, 6.07) is 17.4. The quantitative estimate of drug-likeness (QED) is 0.516. The van der Waals surface area contributed by atoms with Gasteiger partial charge in [-0.05, 0) is 90.5 Å². The van der Waals surface area contributed by atoms with Gasteiger partial charge in [0.25, 0.3) is 0 Å². The molecule has 1 saturated carbocycles. The largest absolute Gasteiger partial charge is 0.283 e. The molecule has 2 aromatic carbocycles. The van der Waals surface area contributed by atoms with Crippen molar-refractivity contribution in [1.29, 1.82) is 0 Å². The summed E-state index contributed by atoms with van der Waals surface area (Å²) >= 11 is 0. The number of fused-ring (bicyclic) bond motifs is 2. The van der Waals surface area contributed by atoms with Crippen molar-refractivity contribution in [3.05, 3.63) is 70.8 Å². The van der Waals surface area contributed by atoms with Crippen molar-refractivity contribution in [1.82, 2.24) is 21.2 Å². The number of hydrazine groups is 2. The summed E-state index contributed by atoms with van der Waals surface area (Å²) in [5.41, 5.74) is 11.4. The summed E-state index contributed by atoms with van der Waals surface area (Å²) in [5.74, 6) is 0. The lowest BCUT2D eigenvalue weighted by Gasteiger charge is -2.41. The normalized spacial score (nSPS) is 28.2. The third-order valence-electron chi connectivity index (χ3n) is 8.68. The Hall–Kier alpha value is -1.80. The average Bonchev–Trinajstić information content (AvgIpc) is 3.36. The second-order valence-corrected chi connectivity index (χ2v) is 12.5. The molecule has 35 heavy (non-hydrogen) atoms. The molecule has 2 atom stereocenters. The van der Waals surface area contributed by atoms with E-state index in [4.69, 9.17) is 9.68 Å². The van der Waals surface area contributed by atoms with Gasteiger partial charge in [0.1, 0.15) is 0 Å². The van der Waals surface area contributed by atoms with E-state index < -0.39 is 0 Å². The van der Waals surface area contributed by atoms with Crippen molar-refractivity contribution in [2.24, 2.45) is 0 Å². The Kier molecular flexibility index (Phi) is 5.95. The van der Waals surface area contributed by atoms with E-state index in [0.29, 0.717) is 0 Å². The van der Waals surface area contributed by atoms with Gasteiger partial charge in [0.2, 0.25) is 0 Å². The molecule has 0 spiro atoms. The highest BCUT2D eigenvalue weighted by Gasteiger charge is 2.51. The van der Waals surface area contributed by atoms with Gasteiger partial charge in [-0.3, -0.25) is 9.68 Å². The standard InChI is InChI=1S/C29H42N4O2/c1-26(2)22-13-9-10-14-23(22)27(3,4)32(26)30-34-20-17-18-21(19-20)35-31-33-28(5,6)24-15-11-12-16-25(24)29(33,7)8/h9-16,20-21,30-31H,17-19H2,1-8H3/t20-,21-/m0/s1. The highest BCUT2D eigenvalue weighted by atomic mass is 16.7. The zero-order valence-corrected chi connectivity index (χ0v) is 22.6. The first-order valence-electron chi connectivity index (χ1n) is 13.0. The second-order valence-electron chi connectivity index (χ2n) is 12.5. The summed E-state index contributed by atoms with van der Waals surface area (Å²) in [5, 5.41) is 4.51. The van der Waals surface area contributed by atoms with Gasteiger partial charge in [-0.2, -0.15) is 0 Å². The Morgan fingerprint density at radius 3 is 1.14 bits per heavy atom. The summed E-state index contributed by atoms with van der Waals surface area (Å²) in [4.78, 5) is 12.6. The molecule has 0 saturated heterocycles. The van der Waals surface area contributed by atoms with Gasteiger partial charge in [-0.1, -0.05) is 48.5 Å². The van der Waals surface area contributed by atoms with Gasteiger partial charge in [0.05, 0.1) is 34.4 Å². The summed E-state index contributed by atoms with van der Waals surface area (Å²) in [6.07, 6.45) is 2.99. The van der Waals surface area contributed by atoms with Crippen LogP contribution in [0.5, 0.6) is 0 Å². The molecule has 0 amide bonds. The van der Waals surface area contributed by atoms with Crippen molar-refractivity contribution < 1.29 is 9.68 Å². The second kappa shape index (κ2) is 8.37. The molecule has 3 aliphatic rings. The zero-order valence-electron chi connectivity index (χ0n) is 22.6. The van der Waals surface area contributed by atoms with Gasteiger partial charge >= 0.3 is 0 Å². The fraction of sp³-hybridized carbons (Fsp3) is 0.586. The number of benzene rings is 2. The summed E-state index contributed by atoms with van der Waals surface area (Å²) < 4.78 is 0. The third-order valence-corrected chi connectivity index (χ3v) is 8.68. The van der Waals surface area contributed by atoms with Crippen LogP contribution >= 0.6 is 0 Å².